The largest absolute Gasteiger partial charge is 0.510 e. The molecular weight excluding hydrogens is 545 g/mol. The molecule has 12 heteroatoms. The number of rotatable bonds is 23. The van der Waals surface area contributed by atoms with Crippen molar-refractivity contribution in [2.45, 2.75) is 115 Å². The molecule has 0 aromatic carbocycles. The predicted molar refractivity (Wildman–Crippen MR) is 158 cm³/mol. The Morgan fingerprint density at radius 2 is 1.64 bits per heavy atom. The molecule has 0 amide bonds. The number of hydrogen-bond acceptors (Lipinski definition) is 10. The van der Waals surface area contributed by atoms with Gasteiger partial charge in [0.25, 0.3) is 0 Å². The lowest BCUT2D eigenvalue weighted by molar-refractivity contribution is -0.136. The fourth-order valence-electron chi connectivity index (χ4n) is 4.67. The van der Waals surface area contributed by atoms with Gasteiger partial charge in [0.1, 0.15) is 11.6 Å². The molecule has 0 aliphatic carbocycles. The summed E-state index contributed by atoms with van der Waals surface area (Å²) in [7, 11) is 1.31. The number of nitrogens with zero attached hydrogens (tertiary/aromatic N) is 4. The van der Waals surface area contributed by atoms with Crippen LogP contribution in [0.4, 0.5) is 15.0 Å². The van der Waals surface area contributed by atoms with Crippen LogP contribution in [0.2, 0.25) is 0 Å². The van der Waals surface area contributed by atoms with E-state index >= 15 is 0 Å². The standard InChI is InChI=1S/C30H48FN5O6/c1-4-6-7-8-9-10-11-12-13-14-15-16-17-18-19-41-29(38)42-23-40-21-30(5-2,39-3)24(37)20-36-22-33-25-26(32)34-28(31)35-27(25)36/h2,22,24,37H,4,6-21,23H2,1,3H3,(H2,32,34,35)/t24-,30?/m0/s1. The van der Waals surface area contributed by atoms with Crippen molar-refractivity contribution in [1.82, 2.24) is 19.5 Å². The summed E-state index contributed by atoms with van der Waals surface area (Å²) >= 11 is 0. The lowest BCUT2D eigenvalue weighted by Crippen LogP contribution is -2.49. The number of aromatic nitrogens is 4. The monoisotopic (exact) mass is 593 g/mol. The molecule has 236 valence electrons. The van der Waals surface area contributed by atoms with Crippen molar-refractivity contribution in [1.29, 1.82) is 0 Å². The van der Waals surface area contributed by atoms with Gasteiger partial charge in [-0.3, -0.25) is 0 Å². The third-order valence-corrected chi connectivity index (χ3v) is 7.27. The highest BCUT2D eigenvalue weighted by atomic mass is 19.1. The van der Waals surface area contributed by atoms with Gasteiger partial charge in [-0.05, 0) is 6.42 Å². The fourth-order valence-corrected chi connectivity index (χ4v) is 4.67. The van der Waals surface area contributed by atoms with Crippen LogP contribution in [0.1, 0.15) is 96.8 Å². The molecule has 0 saturated heterocycles. The molecule has 0 aliphatic rings. The molecule has 0 bridgehead atoms. The summed E-state index contributed by atoms with van der Waals surface area (Å²) in [6.07, 6.45) is 21.2. The number of carbonyl (C=O) groups excluding carboxylic acids is 1. The van der Waals surface area contributed by atoms with E-state index in [-0.39, 0.29) is 36.7 Å². The second-order valence-corrected chi connectivity index (χ2v) is 10.5. The molecule has 0 saturated carbocycles. The van der Waals surface area contributed by atoms with E-state index in [0.717, 1.165) is 19.3 Å². The number of aliphatic hydroxyl groups excluding tert-OH is 1. The van der Waals surface area contributed by atoms with Crippen LogP contribution in [-0.4, -0.2) is 69.6 Å². The van der Waals surface area contributed by atoms with E-state index in [0.29, 0.717) is 0 Å². The quantitative estimate of drug-likeness (QED) is 0.0554. The molecule has 11 nitrogen and oxygen atoms in total. The SMILES string of the molecule is C#CC(COCOC(=O)OCCCCCCCCCCCCCCCC)(OC)[C@@H](O)Cn1cnc2c(N)nc(F)nc21. The number of hydrogen-bond donors (Lipinski definition) is 2. The molecule has 42 heavy (non-hydrogen) atoms. The Morgan fingerprint density at radius 3 is 2.21 bits per heavy atom. The molecule has 2 heterocycles. The second-order valence-electron chi connectivity index (χ2n) is 10.5. The highest BCUT2D eigenvalue weighted by Crippen LogP contribution is 2.21. The van der Waals surface area contributed by atoms with E-state index in [9.17, 15) is 14.3 Å². The van der Waals surface area contributed by atoms with E-state index in [1.54, 1.807) is 0 Å². The van der Waals surface area contributed by atoms with Crippen LogP contribution in [0.15, 0.2) is 6.33 Å². The van der Waals surface area contributed by atoms with Crippen LogP contribution in [-0.2, 0) is 25.5 Å². The number of unbranched alkanes of at least 4 members (excludes halogenated alkanes) is 13. The third kappa shape index (κ3) is 12.1. The normalized spacial score (nSPS) is 13.5. The van der Waals surface area contributed by atoms with Gasteiger partial charge in [0.2, 0.25) is 0 Å². The van der Waals surface area contributed by atoms with Crippen molar-refractivity contribution in [3.05, 3.63) is 12.4 Å². The topological polar surface area (TPSA) is 144 Å². The second kappa shape index (κ2) is 20.0. The van der Waals surface area contributed by atoms with E-state index in [2.05, 4.69) is 27.8 Å². The van der Waals surface area contributed by atoms with E-state index in [1.807, 2.05) is 0 Å². The van der Waals surface area contributed by atoms with Gasteiger partial charge in [0.15, 0.2) is 23.9 Å². The van der Waals surface area contributed by atoms with Gasteiger partial charge >= 0.3 is 12.2 Å². The molecule has 2 atom stereocenters. The number of anilines is 1. The van der Waals surface area contributed by atoms with Crippen molar-refractivity contribution in [3.63, 3.8) is 0 Å². The Kier molecular flexibility index (Phi) is 16.7. The lowest BCUT2D eigenvalue weighted by atomic mass is 9.98. The van der Waals surface area contributed by atoms with E-state index in [4.69, 9.17) is 31.1 Å². The average Bonchev–Trinajstić information content (AvgIpc) is 3.37. The molecular formula is C30H48FN5O6. The van der Waals surface area contributed by atoms with Crippen LogP contribution in [0.25, 0.3) is 11.2 Å². The summed E-state index contributed by atoms with van der Waals surface area (Å²) in [5, 5.41) is 10.8. The number of nitrogen functional groups attached to an aromatic ring is 1. The summed E-state index contributed by atoms with van der Waals surface area (Å²) in [6, 6.07) is 0. The highest BCUT2D eigenvalue weighted by molar-refractivity contribution is 5.81. The van der Waals surface area contributed by atoms with Gasteiger partial charge in [-0.25, -0.2) is 9.78 Å². The van der Waals surface area contributed by atoms with E-state index in [1.165, 1.54) is 88.6 Å². The summed E-state index contributed by atoms with van der Waals surface area (Å²) < 4.78 is 35.8. The molecule has 2 aromatic heterocycles. The zero-order valence-corrected chi connectivity index (χ0v) is 25.2. The highest BCUT2D eigenvalue weighted by Gasteiger charge is 2.37. The minimum atomic E-state index is -1.60. The van der Waals surface area contributed by atoms with Crippen LogP contribution in [0.5, 0.6) is 0 Å². The van der Waals surface area contributed by atoms with Gasteiger partial charge in [0, 0.05) is 7.11 Å². The van der Waals surface area contributed by atoms with E-state index < -0.39 is 30.7 Å². The first kappa shape index (κ1) is 35.2. The number of halogens is 1. The zero-order valence-electron chi connectivity index (χ0n) is 25.2. The minimum Gasteiger partial charge on any atom is -0.434 e. The molecule has 0 fully saturated rings. The number of fused-ring (bicyclic) bond motifs is 1. The first-order valence-corrected chi connectivity index (χ1v) is 15.1. The number of nitrogens with two attached hydrogens (primary N) is 1. The number of carbonyl (C=O) groups is 1. The summed E-state index contributed by atoms with van der Waals surface area (Å²) in [5.41, 5.74) is 4.35. The Morgan fingerprint density at radius 1 is 1.05 bits per heavy atom. The van der Waals surface area contributed by atoms with Gasteiger partial charge in [0.05, 0.1) is 26.1 Å². The average molecular weight is 594 g/mol. The smallest absolute Gasteiger partial charge is 0.434 e. The summed E-state index contributed by atoms with van der Waals surface area (Å²) in [4.78, 5) is 23.0. The summed E-state index contributed by atoms with van der Waals surface area (Å²) in [5.74, 6) is 2.26. The Labute approximate surface area is 248 Å². The Balaban J connectivity index is 1.56. The predicted octanol–water partition coefficient (Wildman–Crippen LogP) is 5.54. The van der Waals surface area contributed by atoms with Gasteiger partial charge < -0.3 is 34.4 Å². The third-order valence-electron chi connectivity index (χ3n) is 7.27. The van der Waals surface area contributed by atoms with Crippen molar-refractivity contribution >= 4 is 23.1 Å². The molecule has 1 unspecified atom stereocenters. The summed E-state index contributed by atoms with van der Waals surface area (Å²) in [6.45, 7) is 1.62. The Bertz CT molecular complexity index is 1090. The molecule has 0 spiro atoms. The van der Waals surface area contributed by atoms with Crippen molar-refractivity contribution in [2.24, 2.45) is 0 Å². The zero-order chi connectivity index (χ0) is 30.6. The van der Waals surface area contributed by atoms with Crippen LogP contribution in [0.3, 0.4) is 0 Å². The maximum atomic E-state index is 13.6. The lowest BCUT2D eigenvalue weighted by Gasteiger charge is -2.31. The molecule has 0 radical (unpaired) electrons. The molecule has 0 aliphatic heterocycles. The first-order chi connectivity index (χ1) is 20.4. The van der Waals surface area contributed by atoms with Crippen molar-refractivity contribution in [3.8, 4) is 12.3 Å². The van der Waals surface area contributed by atoms with Crippen LogP contribution >= 0.6 is 0 Å². The van der Waals surface area contributed by atoms with Gasteiger partial charge in [-0.1, -0.05) is 96.3 Å². The minimum absolute atomic E-state index is 0.0897. The fraction of sp³-hybridized carbons (Fsp3) is 0.733. The molecule has 2 aromatic rings. The molecule has 2 rings (SSSR count). The first-order valence-electron chi connectivity index (χ1n) is 15.1. The van der Waals surface area contributed by atoms with Gasteiger partial charge in [-0.15, -0.1) is 6.42 Å². The van der Waals surface area contributed by atoms with Crippen molar-refractivity contribution < 1.29 is 33.2 Å². The molecule has 3 N–H and O–H groups in total. The van der Waals surface area contributed by atoms with Crippen LogP contribution < -0.4 is 5.73 Å². The van der Waals surface area contributed by atoms with Gasteiger partial charge in [-0.2, -0.15) is 14.4 Å². The Hall–Kier alpha value is -3.01. The number of methoxy groups -OCH3 is 1. The van der Waals surface area contributed by atoms with Crippen molar-refractivity contribution in [2.75, 3.05) is 32.9 Å². The number of aliphatic hydroxyl groups is 1. The van der Waals surface area contributed by atoms with Crippen LogP contribution in [0, 0.1) is 18.4 Å². The number of terminal acetylenes is 1. The number of ether oxygens (including phenoxy) is 4. The maximum Gasteiger partial charge on any atom is 0.510 e. The maximum absolute atomic E-state index is 13.6. The number of imidazole rings is 1.